The minimum absolute atomic E-state index is 0. The highest BCUT2D eigenvalue weighted by molar-refractivity contribution is 5.95. The molecule has 1 aliphatic heterocycles. The summed E-state index contributed by atoms with van der Waals surface area (Å²) in [6, 6.07) is 19.2. The van der Waals surface area contributed by atoms with Crippen molar-refractivity contribution >= 4 is 18.2 Å². The van der Waals surface area contributed by atoms with Crippen LogP contribution < -0.4 is 0 Å². The summed E-state index contributed by atoms with van der Waals surface area (Å²) in [5.74, 6) is -0.0189. The number of rotatable bonds is 8. The fourth-order valence-electron chi connectivity index (χ4n) is 3.69. The highest BCUT2D eigenvalue weighted by Gasteiger charge is 2.34. The zero-order chi connectivity index (χ0) is 19.1. The van der Waals surface area contributed by atoms with Crippen molar-refractivity contribution in [2.24, 2.45) is 0 Å². The van der Waals surface area contributed by atoms with Gasteiger partial charge in [0, 0.05) is 25.1 Å². The van der Waals surface area contributed by atoms with Crippen molar-refractivity contribution in [3.05, 3.63) is 71.8 Å². The highest BCUT2D eigenvalue weighted by atomic mass is 35.5. The summed E-state index contributed by atoms with van der Waals surface area (Å²) in [6.45, 7) is 1.07. The van der Waals surface area contributed by atoms with E-state index in [1.165, 1.54) is 5.56 Å². The lowest BCUT2D eigenvalue weighted by Gasteiger charge is -2.39. The molecule has 1 fully saturated rings. The third kappa shape index (κ3) is 6.40. The van der Waals surface area contributed by atoms with E-state index in [1.54, 1.807) is 17.0 Å². The van der Waals surface area contributed by atoms with Gasteiger partial charge < -0.3 is 5.11 Å². The topological polar surface area (TPSA) is 40.5 Å². The van der Waals surface area contributed by atoms with Crippen molar-refractivity contribution in [2.75, 3.05) is 13.1 Å². The summed E-state index contributed by atoms with van der Waals surface area (Å²) in [6.07, 6.45) is 1.97. The predicted molar refractivity (Wildman–Crippen MR) is 113 cm³/mol. The third-order valence-corrected chi connectivity index (χ3v) is 5.55. The minimum atomic E-state index is -1.13. The molecule has 0 radical (unpaired) electrons. The Hall–Kier alpha value is -1.75. The summed E-state index contributed by atoms with van der Waals surface area (Å²) in [5, 5.41) is 10.8. The smallest absolute Gasteiger partial charge is 0.163 e. The van der Waals surface area contributed by atoms with Gasteiger partial charge in [0.1, 0.15) is 0 Å². The number of alkyl halides is 1. The van der Waals surface area contributed by atoms with Crippen LogP contribution in [0.1, 0.15) is 48.0 Å². The maximum atomic E-state index is 14.6. The molecule has 0 spiro atoms. The molecular weight excluding hydrogens is 377 g/mol. The highest BCUT2D eigenvalue weighted by Crippen LogP contribution is 2.29. The fourth-order valence-corrected chi connectivity index (χ4v) is 3.69. The van der Waals surface area contributed by atoms with Gasteiger partial charge in [-0.25, -0.2) is 4.39 Å². The van der Waals surface area contributed by atoms with Crippen LogP contribution in [0, 0.1) is 0 Å². The first kappa shape index (κ1) is 22.5. The standard InChI is InChI=1S/C23H28FNO2.ClH/c24-22(12-11-21(26)20-9-5-2-6-10-20)25-17-15-23(27,16-18-25)14-13-19-7-3-1-4-8-19;/h1-10,22,27H,11-18H2;1H. The number of hydrogen-bond donors (Lipinski definition) is 1. The van der Waals surface area contributed by atoms with Gasteiger partial charge in [-0.3, -0.25) is 9.69 Å². The molecule has 1 atom stereocenters. The van der Waals surface area contributed by atoms with E-state index in [-0.39, 0.29) is 31.0 Å². The lowest BCUT2D eigenvalue weighted by atomic mass is 9.85. The van der Waals surface area contributed by atoms with Crippen LogP contribution in [-0.2, 0) is 6.42 Å². The number of Topliss-reactive ketones (excluding diaryl/α,β-unsaturated/α-hetero) is 1. The molecule has 0 amide bonds. The van der Waals surface area contributed by atoms with Crippen molar-refractivity contribution in [2.45, 2.75) is 50.4 Å². The van der Waals surface area contributed by atoms with Crippen LogP contribution in [0.25, 0.3) is 0 Å². The number of carbonyl (C=O) groups excluding carboxylic acids is 1. The number of ketones is 1. The number of benzene rings is 2. The van der Waals surface area contributed by atoms with E-state index in [4.69, 9.17) is 0 Å². The molecule has 0 aliphatic carbocycles. The van der Waals surface area contributed by atoms with Crippen LogP contribution in [0.3, 0.4) is 0 Å². The van der Waals surface area contributed by atoms with Crippen molar-refractivity contribution < 1.29 is 14.3 Å². The number of carbonyl (C=O) groups is 1. The molecule has 1 heterocycles. The fraction of sp³-hybridized carbons (Fsp3) is 0.435. The van der Waals surface area contributed by atoms with Gasteiger partial charge in [0.25, 0.3) is 0 Å². The Morgan fingerprint density at radius 1 is 1.04 bits per heavy atom. The monoisotopic (exact) mass is 405 g/mol. The average molecular weight is 406 g/mol. The number of hydrogen-bond acceptors (Lipinski definition) is 3. The van der Waals surface area contributed by atoms with Crippen molar-refractivity contribution in [1.82, 2.24) is 4.90 Å². The number of halogens is 2. The Labute approximate surface area is 173 Å². The van der Waals surface area contributed by atoms with E-state index >= 15 is 0 Å². The molecule has 2 aromatic rings. The first-order valence-electron chi connectivity index (χ1n) is 9.78. The molecule has 2 aromatic carbocycles. The summed E-state index contributed by atoms with van der Waals surface area (Å²) in [7, 11) is 0. The summed E-state index contributed by atoms with van der Waals surface area (Å²) in [4.78, 5) is 13.9. The molecule has 28 heavy (non-hydrogen) atoms. The van der Waals surface area contributed by atoms with Crippen molar-refractivity contribution in [1.29, 1.82) is 0 Å². The Balaban J connectivity index is 0.00000280. The Morgan fingerprint density at radius 3 is 2.21 bits per heavy atom. The molecule has 3 nitrogen and oxygen atoms in total. The molecular formula is C23H29ClFNO2. The van der Waals surface area contributed by atoms with Gasteiger partial charge >= 0.3 is 0 Å². The summed E-state index contributed by atoms with van der Waals surface area (Å²) < 4.78 is 14.6. The average Bonchev–Trinajstić information content (AvgIpc) is 2.72. The molecule has 0 saturated carbocycles. The van der Waals surface area contributed by atoms with Crippen LogP contribution in [-0.4, -0.2) is 40.8 Å². The Morgan fingerprint density at radius 2 is 1.61 bits per heavy atom. The van der Waals surface area contributed by atoms with E-state index in [2.05, 4.69) is 12.1 Å². The maximum absolute atomic E-state index is 14.6. The molecule has 3 rings (SSSR count). The van der Waals surface area contributed by atoms with E-state index in [9.17, 15) is 14.3 Å². The Kier molecular flexibility index (Phi) is 8.61. The first-order chi connectivity index (χ1) is 13.1. The second kappa shape index (κ2) is 10.7. The number of aliphatic hydroxyl groups is 1. The maximum Gasteiger partial charge on any atom is 0.163 e. The van der Waals surface area contributed by atoms with Crippen molar-refractivity contribution in [3.8, 4) is 0 Å². The quantitative estimate of drug-likeness (QED) is 0.505. The van der Waals surface area contributed by atoms with Crippen LogP contribution in [0.5, 0.6) is 0 Å². The second-order valence-corrected chi connectivity index (χ2v) is 7.51. The molecule has 152 valence electrons. The normalized spacial score (nSPS) is 17.5. The molecule has 1 N–H and O–H groups in total. The van der Waals surface area contributed by atoms with Gasteiger partial charge in [-0.15, -0.1) is 12.4 Å². The predicted octanol–water partition coefficient (Wildman–Crippen LogP) is 4.83. The van der Waals surface area contributed by atoms with E-state index < -0.39 is 11.9 Å². The van der Waals surface area contributed by atoms with Crippen LogP contribution in [0.2, 0.25) is 0 Å². The number of likely N-dealkylation sites (tertiary alicyclic amines) is 1. The van der Waals surface area contributed by atoms with Crippen LogP contribution >= 0.6 is 12.4 Å². The number of aryl methyl sites for hydroxylation is 1. The second-order valence-electron chi connectivity index (χ2n) is 7.51. The molecule has 0 bridgehead atoms. The van der Waals surface area contributed by atoms with Gasteiger partial charge in [0.05, 0.1) is 5.60 Å². The van der Waals surface area contributed by atoms with E-state index in [1.807, 2.05) is 36.4 Å². The lowest BCUT2D eigenvalue weighted by Crippen LogP contribution is -2.47. The van der Waals surface area contributed by atoms with Gasteiger partial charge in [0.15, 0.2) is 12.1 Å². The third-order valence-electron chi connectivity index (χ3n) is 5.55. The first-order valence-corrected chi connectivity index (χ1v) is 9.78. The van der Waals surface area contributed by atoms with Crippen LogP contribution in [0.4, 0.5) is 4.39 Å². The minimum Gasteiger partial charge on any atom is -0.390 e. The van der Waals surface area contributed by atoms with E-state index in [0.717, 1.165) is 6.42 Å². The van der Waals surface area contributed by atoms with Crippen LogP contribution in [0.15, 0.2) is 60.7 Å². The number of piperidine rings is 1. The summed E-state index contributed by atoms with van der Waals surface area (Å²) >= 11 is 0. The molecule has 0 aromatic heterocycles. The molecule has 5 heteroatoms. The number of nitrogens with zero attached hydrogens (tertiary/aromatic N) is 1. The van der Waals surface area contributed by atoms with Gasteiger partial charge in [-0.05, 0) is 37.7 Å². The molecule has 1 aliphatic rings. The summed E-state index contributed by atoms with van der Waals surface area (Å²) in [5.41, 5.74) is 1.14. The van der Waals surface area contributed by atoms with Gasteiger partial charge in [0.2, 0.25) is 0 Å². The SMILES string of the molecule is Cl.O=C(CCC(F)N1CCC(O)(CCc2ccccc2)CC1)c1ccccc1. The zero-order valence-corrected chi connectivity index (χ0v) is 16.9. The Bertz CT molecular complexity index is 718. The van der Waals surface area contributed by atoms with Gasteiger partial charge in [-0.1, -0.05) is 60.7 Å². The molecule has 1 unspecified atom stereocenters. The van der Waals surface area contributed by atoms with Gasteiger partial charge in [-0.2, -0.15) is 0 Å². The van der Waals surface area contributed by atoms with Crippen molar-refractivity contribution in [3.63, 3.8) is 0 Å². The largest absolute Gasteiger partial charge is 0.390 e. The lowest BCUT2D eigenvalue weighted by molar-refractivity contribution is -0.0558. The zero-order valence-electron chi connectivity index (χ0n) is 16.1. The molecule has 1 saturated heterocycles. The van der Waals surface area contributed by atoms with E-state index in [0.29, 0.717) is 37.9 Å².